The minimum Gasteiger partial charge on any atom is -0.323 e. The van der Waals surface area contributed by atoms with Crippen molar-refractivity contribution >= 4 is 23.2 Å². The van der Waals surface area contributed by atoms with E-state index in [0.29, 0.717) is 17.2 Å². The summed E-state index contributed by atoms with van der Waals surface area (Å²) in [4.78, 5) is 21.5. The van der Waals surface area contributed by atoms with Gasteiger partial charge in [-0.05, 0) is 56.2 Å². The van der Waals surface area contributed by atoms with E-state index in [4.69, 9.17) is 0 Å². The summed E-state index contributed by atoms with van der Waals surface area (Å²) in [6, 6.07) is 17.1. The summed E-state index contributed by atoms with van der Waals surface area (Å²) in [5, 5.41) is 6.09. The predicted octanol–water partition coefficient (Wildman–Crippen LogP) is 4.65. The maximum Gasteiger partial charge on any atom is 0.257 e. The van der Waals surface area contributed by atoms with Gasteiger partial charge in [-0.2, -0.15) is 0 Å². The molecule has 0 saturated heterocycles. The Morgan fingerprint density at radius 3 is 2.27 bits per heavy atom. The molecule has 2 aromatic carbocycles. The zero-order chi connectivity index (χ0) is 18.5. The first-order valence-electron chi connectivity index (χ1n) is 8.64. The van der Waals surface area contributed by atoms with E-state index in [1.807, 2.05) is 62.4 Å². The Labute approximate surface area is 153 Å². The molecule has 0 spiro atoms. The molecule has 132 valence electrons. The van der Waals surface area contributed by atoms with Gasteiger partial charge in [-0.25, -0.2) is 9.97 Å². The number of benzene rings is 2. The molecular weight excluding hydrogens is 324 g/mol. The molecule has 5 nitrogen and oxygen atoms in total. The molecule has 0 radical (unpaired) electrons. The van der Waals surface area contributed by atoms with Crippen LogP contribution in [0.25, 0.3) is 0 Å². The fourth-order valence-electron chi connectivity index (χ4n) is 2.71. The number of para-hydroxylation sites is 1. The Hall–Kier alpha value is -3.21. The summed E-state index contributed by atoms with van der Waals surface area (Å²) in [5.41, 5.74) is 4.95. The predicted molar refractivity (Wildman–Crippen MR) is 105 cm³/mol. The summed E-state index contributed by atoms with van der Waals surface area (Å²) in [5.74, 6) is 0.303. The summed E-state index contributed by atoms with van der Waals surface area (Å²) in [6.07, 6.45) is 0.969. The highest BCUT2D eigenvalue weighted by Gasteiger charge is 2.12. The molecule has 0 aliphatic carbocycles. The van der Waals surface area contributed by atoms with Crippen molar-refractivity contribution in [2.45, 2.75) is 27.2 Å². The molecule has 3 rings (SSSR count). The van der Waals surface area contributed by atoms with Gasteiger partial charge in [-0.15, -0.1) is 0 Å². The molecule has 0 atom stereocenters. The third-order valence-electron chi connectivity index (χ3n) is 4.02. The van der Waals surface area contributed by atoms with Crippen molar-refractivity contribution in [1.29, 1.82) is 0 Å². The Kier molecular flexibility index (Phi) is 5.27. The van der Waals surface area contributed by atoms with Crippen molar-refractivity contribution in [3.05, 3.63) is 77.1 Å². The van der Waals surface area contributed by atoms with Crippen LogP contribution in [0.4, 0.5) is 17.3 Å². The fourth-order valence-corrected chi connectivity index (χ4v) is 2.71. The lowest BCUT2D eigenvalue weighted by Gasteiger charge is -2.12. The molecule has 0 saturated carbocycles. The number of hydrogen-bond donors (Lipinski definition) is 2. The first-order valence-corrected chi connectivity index (χ1v) is 8.64. The first-order chi connectivity index (χ1) is 12.5. The molecular formula is C21H22N4O. The van der Waals surface area contributed by atoms with Gasteiger partial charge in [0.1, 0.15) is 0 Å². The van der Waals surface area contributed by atoms with Crippen LogP contribution in [0.15, 0.2) is 54.6 Å². The molecule has 5 heteroatoms. The van der Waals surface area contributed by atoms with Crippen LogP contribution in [0, 0.1) is 13.8 Å². The fraction of sp³-hybridized carbons (Fsp3) is 0.190. The minimum absolute atomic E-state index is 0.179. The number of aromatic nitrogens is 2. The van der Waals surface area contributed by atoms with Crippen LogP contribution < -0.4 is 10.6 Å². The van der Waals surface area contributed by atoms with Gasteiger partial charge >= 0.3 is 0 Å². The van der Waals surface area contributed by atoms with Gasteiger partial charge in [-0.1, -0.05) is 31.2 Å². The topological polar surface area (TPSA) is 66.9 Å². The van der Waals surface area contributed by atoms with Gasteiger partial charge in [0.05, 0.1) is 11.3 Å². The van der Waals surface area contributed by atoms with Crippen LogP contribution in [0.1, 0.15) is 34.2 Å². The zero-order valence-corrected chi connectivity index (χ0v) is 15.2. The lowest BCUT2D eigenvalue weighted by Crippen LogP contribution is -2.14. The molecule has 0 fully saturated rings. The van der Waals surface area contributed by atoms with E-state index in [2.05, 4.69) is 27.5 Å². The maximum atomic E-state index is 12.7. The molecule has 1 heterocycles. The molecule has 2 N–H and O–H groups in total. The maximum absolute atomic E-state index is 12.7. The van der Waals surface area contributed by atoms with Crippen LogP contribution >= 0.6 is 0 Å². The highest BCUT2D eigenvalue weighted by Crippen LogP contribution is 2.21. The van der Waals surface area contributed by atoms with E-state index in [9.17, 15) is 4.79 Å². The Morgan fingerprint density at radius 1 is 0.962 bits per heavy atom. The molecule has 26 heavy (non-hydrogen) atoms. The summed E-state index contributed by atoms with van der Waals surface area (Å²) in [7, 11) is 0. The average molecular weight is 346 g/mol. The lowest BCUT2D eigenvalue weighted by molar-refractivity contribution is 0.102. The number of aryl methyl sites for hydroxylation is 3. The van der Waals surface area contributed by atoms with Crippen molar-refractivity contribution < 1.29 is 4.79 Å². The van der Waals surface area contributed by atoms with Crippen LogP contribution in [-0.4, -0.2) is 15.9 Å². The lowest BCUT2D eigenvalue weighted by atomic mass is 10.1. The second-order valence-corrected chi connectivity index (χ2v) is 6.15. The second kappa shape index (κ2) is 7.78. The molecule has 0 aliphatic heterocycles. The quantitative estimate of drug-likeness (QED) is 0.705. The van der Waals surface area contributed by atoms with Gasteiger partial charge in [-0.3, -0.25) is 4.79 Å². The van der Waals surface area contributed by atoms with Crippen LogP contribution in [-0.2, 0) is 6.42 Å². The van der Waals surface area contributed by atoms with Crippen molar-refractivity contribution in [2.75, 3.05) is 10.6 Å². The highest BCUT2D eigenvalue weighted by atomic mass is 16.1. The van der Waals surface area contributed by atoms with Crippen LogP contribution in [0.2, 0.25) is 0 Å². The number of anilines is 3. The van der Waals surface area contributed by atoms with Crippen molar-refractivity contribution in [2.24, 2.45) is 0 Å². The molecule has 0 unspecified atom stereocenters. The second-order valence-electron chi connectivity index (χ2n) is 6.15. The minimum atomic E-state index is -0.179. The average Bonchev–Trinajstić information content (AvgIpc) is 2.62. The van der Waals surface area contributed by atoms with E-state index in [1.54, 1.807) is 6.07 Å². The van der Waals surface area contributed by atoms with Crippen LogP contribution in [0.5, 0.6) is 0 Å². The van der Waals surface area contributed by atoms with E-state index in [0.717, 1.165) is 23.5 Å². The molecule has 1 aromatic heterocycles. The van der Waals surface area contributed by atoms with E-state index >= 15 is 0 Å². The number of nitrogens with zero attached hydrogens (tertiary/aromatic N) is 2. The summed E-state index contributed by atoms with van der Waals surface area (Å²) >= 11 is 0. The standard InChI is InChI=1S/C21H22N4O/c1-4-16-9-11-17(12-10-16)24-20(26)18-7-5-6-8-19(18)25-21-22-14(2)13-15(3)23-21/h5-13H,4H2,1-3H3,(H,24,26)(H,22,23,25). The Morgan fingerprint density at radius 2 is 1.62 bits per heavy atom. The Bertz CT molecular complexity index is 899. The van der Waals surface area contributed by atoms with Crippen molar-refractivity contribution in [3.63, 3.8) is 0 Å². The van der Waals surface area contributed by atoms with Crippen molar-refractivity contribution in [1.82, 2.24) is 9.97 Å². The van der Waals surface area contributed by atoms with E-state index in [1.165, 1.54) is 5.56 Å². The molecule has 0 aliphatic rings. The van der Waals surface area contributed by atoms with E-state index in [-0.39, 0.29) is 5.91 Å². The van der Waals surface area contributed by atoms with Gasteiger partial charge in [0, 0.05) is 17.1 Å². The van der Waals surface area contributed by atoms with Gasteiger partial charge in [0.2, 0.25) is 5.95 Å². The van der Waals surface area contributed by atoms with Gasteiger partial charge in [0.25, 0.3) is 5.91 Å². The number of hydrogen-bond acceptors (Lipinski definition) is 4. The summed E-state index contributed by atoms with van der Waals surface area (Å²) < 4.78 is 0. The zero-order valence-electron chi connectivity index (χ0n) is 15.2. The number of carbonyl (C=O) groups excluding carboxylic acids is 1. The normalized spacial score (nSPS) is 10.4. The smallest absolute Gasteiger partial charge is 0.257 e. The summed E-state index contributed by atoms with van der Waals surface area (Å²) in [6.45, 7) is 5.93. The number of nitrogens with one attached hydrogen (secondary N) is 2. The van der Waals surface area contributed by atoms with E-state index < -0.39 is 0 Å². The van der Waals surface area contributed by atoms with Gasteiger partial charge in [0.15, 0.2) is 0 Å². The van der Waals surface area contributed by atoms with Crippen molar-refractivity contribution in [3.8, 4) is 0 Å². The monoisotopic (exact) mass is 346 g/mol. The largest absolute Gasteiger partial charge is 0.323 e. The third kappa shape index (κ3) is 4.25. The first kappa shape index (κ1) is 17.6. The van der Waals surface area contributed by atoms with Crippen LogP contribution in [0.3, 0.4) is 0 Å². The Balaban J connectivity index is 1.82. The number of rotatable bonds is 5. The highest BCUT2D eigenvalue weighted by molar-refractivity contribution is 6.08. The number of amides is 1. The molecule has 3 aromatic rings. The molecule has 1 amide bonds. The van der Waals surface area contributed by atoms with Gasteiger partial charge < -0.3 is 10.6 Å². The SMILES string of the molecule is CCc1ccc(NC(=O)c2ccccc2Nc2nc(C)cc(C)n2)cc1. The molecule has 0 bridgehead atoms. The third-order valence-corrected chi connectivity index (χ3v) is 4.02. The number of carbonyl (C=O) groups is 1.